The van der Waals surface area contributed by atoms with Gasteiger partial charge in [-0.25, -0.2) is 9.97 Å². The number of hydrogen-bond donors (Lipinski definition) is 1. The van der Waals surface area contributed by atoms with E-state index in [4.69, 9.17) is 0 Å². The highest BCUT2D eigenvalue weighted by atomic mass is 16.2. The van der Waals surface area contributed by atoms with Crippen LogP contribution in [0, 0.1) is 11.8 Å². The van der Waals surface area contributed by atoms with Gasteiger partial charge in [-0.15, -0.1) is 0 Å². The van der Waals surface area contributed by atoms with Crippen molar-refractivity contribution < 1.29 is 4.79 Å². The van der Waals surface area contributed by atoms with E-state index in [1.807, 2.05) is 24.3 Å². The largest absolute Gasteiger partial charge is 0.349 e. The number of benzene rings is 1. The van der Waals surface area contributed by atoms with E-state index in [2.05, 4.69) is 46.2 Å². The molecule has 2 heterocycles. The number of rotatable bonds is 6. The molecule has 1 aliphatic rings. The molecular weight excluding hydrogens is 324 g/mol. The van der Waals surface area contributed by atoms with Gasteiger partial charge in [-0.05, 0) is 36.8 Å². The van der Waals surface area contributed by atoms with Gasteiger partial charge in [-0.1, -0.05) is 44.2 Å². The van der Waals surface area contributed by atoms with Gasteiger partial charge in [0, 0.05) is 25.5 Å². The number of anilines is 1. The average molecular weight is 352 g/mol. The van der Waals surface area contributed by atoms with Crippen molar-refractivity contribution >= 4 is 11.9 Å². The van der Waals surface area contributed by atoms with E-state index < -0.39 is 0 Å². The van der Waals surface area contributed by atoms with Gasteiger partial charge in [0.15, 0.2) is 0 Å². The molecule has 0 aliphatic carbocycles. The van der Waals surface area contributed by atoms with Crippen LogP contribution < -0.4 is 10.2 Å². The molecule has 0 unspecified atom stereocenters. The average Bonchev–Trinajstić information content (AvgIpc) is 2.68. The zero-order chi connectivity index (χ0) is 18.4. The summed E-state index contributed by atoms with van der Waals surface area (Å²) in [5.74, 6) is 1.35. The van der Waals surface area contributed by atoms with Crippen molar-refractivity contribution in [1.29, 1.82) is 0 Å². The van der Waals surface area contributed by atoms with Gasteiger partial charge in [0.1, 0.15) is 0 Å². The van der Waals surface area contributed by atoms with Crippen LogP contribution in [0.3, 0.4) is 0 Å². The molecule has 1 aromatic carbocycles. The molecule has 0 spiro atoms. The summed E-state index contributed by atoms with van der Waals surface area (Å²) >= 11 is 0. The van der Waals surface area contributed by atoms with Crippen LogP contribution in [0.25, 0.3) is 0 Å². The Morgan fingerprint density at radius 1 is 1.19 bits per heavy atom. The second-order valence-corrected chi connectivity index (χ2v) is 7.44. The van der Waals surface area contributed by atoms with Crippen molar-refractivity contribution in [3.05, 3.63) is 54.4 Å². The Balaban J connectivity index is 1.67. The molecule has 1 fully saturated rings. The molecule has 1 aromatic heterocycles. The Hall–Kier alpha value is -2.43. The number of nitrogens with one attached hydrogen (secondary N) is 1. The summed E-state index contributed by atoms with van der Waals surface area (Å²) in [6.45, 7) is 5.97. The maximum atomic E-state index is 13.0. The lowest BCUT2D eigenvalue weighted by molar-refractivity contribution is -0.126. The van der Waals surface area contributed by atoms with Gasteiger partial charge in [0.25, 0.3) is 0 Å². The summed E-state index contributed by atoms with van der Waals surface area (Å²) in [5, 5.41) is 3.30. The standard InChI is InChI=1S/C21H28N4O/c1-16(2)14-19(17-8-4-3-5-9-17)24-20(26)18-10-6-13-25(15-18)21-22-11-7-12-23-21/h3-5,7-9,11-12,16,18-19H,6,10,13-15H2,1-2H3,(H,24,26)/t18-,19-/m0/s1. The third-order valence-corrected chi connectivity index (χ3v) is 4.85. The Kier molecular flexibility index (Phi) is 6.21. The van der Waals surface area contributed by atoms with E-state index in [0.29, 0.717) is 18.4 Å². The molecular formula is C21H28N4O. The van der Waals surface area contributed by atoms with Crippen LogP contribution in [0.5, 0.6) is 0 Å². The second-order valence-electron chi connectivity index (χ2n) is 7.44. The van der Waals surface area contributed by atoms with E-state index in [9.17, 15) is 4.79 Å². The highest BCUT2D eigenvalue weighted by Crippen LogP contribution is 2.24. The van der Waals surface area contributed by atoms with Crippen molar-refractivity contribution in [2.45, 2.75) is 39.2 Å². The number of amides is 1. The molecule has 0 radical (unpaired) electrons. The molecule has 3 rings (SSSR count). The minimum atomic E-state index is -0.0223. The first-order valence-corrected chi connectivity index (χ1v) is 9.50. The maximum Gasteiger partial charge on any atom is 0.225 e. The van der Waals surface area contributed by atoms with Crippen LogP contribution in [-0.2, 0) is 4.79 Å². The number of piperidine rings is 1. The molecule has 0 bridgehead atoms. The fraction of sp³-hybridized carbons (Fsp3) is 0.476. The van der Waals surface area contributed by atoms with E-state index in [-0.39, 0.29) is 17.9 Å². The molecule has 2 atom stereocenters. The molecule has 2 aromatic rings. The van der Waals surface area contributed by atoms with E-state index in [1.54, 1.807) is 12.4 Å². The number of carbonyl (C=O) groups excluding carboxylic acids is 1. The van der Waals surface area contributed by atoms with Crippen LogP contribution in [0.1, 0.15) is 44.7 Å². The Labute approximate surface area is 155 Å². The molecule has 1 aliphatic heterocycles. The lowest BCUT2D eigenvalue weighted by atomic mass is 9.93. The normalized spacial score (nSPS) is 18.6. The SMILES string of the molecule is CC(C)C[C@H](NC(=O)[C@H]1CCCN(c2ncccn2)C1)c1ccccc1. The van der Waals surface area contributed by atoms with Gasteiger partial charge in [0.05, 0.1) is 12.0 Å². The van der Waals surface area contributed by atoms with Gasteiger partial charge in [0.2, 0.25) is 11.9 Å². The van der Waals surface area contributed by atoms with Crippen molar-refractivity contribution in [3.63, 3.8) is 0 Å². The van der Waals surface area contributed by atoms with Gasteiger partial charge < -0.3 is 10.2 Å². The summed E-state index contributed by atoms with van der Waals surface area (Å²) in [4.78, 5) is 23.7. The van der Waals surface area contributed by atoms with Crippen LogP contribution >= 0.6 is 0 Å². The molecule has 5 heteroatoms. The van der Waals surface area contributed by atoms with E-state index >= 15 is 0 Å². The van der Waals surface area contributed by atoms with Crippen molar-refractivity contribution in [3.8, 4) is 0 Å². The van der Waals surface area contributed by atoms with E-state index in [1.165, 1.54) is 5.56 Å². The maximum absolute atomic E-state index is 13.0. The Morgan fingerprint density at radius 3 is 2.62 bits per heavy atom. The fourth-order valence-electron chi connectivity index (χ4n) is 3.55. The zero-order valence-electron chi connectivity index (χ0n) is 15.6. The quantitative estimate of drug-likeness (QED) is 0.863. The van der Waals surface area contributed by atoms with E-state index in [0.717, 1.165) is 25.8 Å². The summed E-state index contributed by atoms with van der Waals surface area (Å²) in [5.41, 5.74) is 1.17. The topological polar surface area (TPSA) is 58.1 Å². The molecule has 1 N–H and O–H groups in total. The third kappa shape index (κ3) is 4.81. The summed E-state index contributed by atoms with van der Waals surface area (Å²) in [6, 6.07) is 12.1. The Bertz CT molecular complexity index is 690. The number of aromatic nitrogens is 2. The monoisotopic (exact) mass is 352 g/mol. The highest BCUT2D eigenvalue weighted by Gasteiger charge is 2.28. The van der Waals surface area contributed by atoms with Gasteiger partial charge in [-0.3, -0.25) is 4.79 Å². The smallest absolute Gasteiger partial charge is 0.225 e. The summed E-state index contributed by atoms with van der Waals surface area (Å²) < 4.78 is 0. The minimum Gasteiger partial charge on any atom is -0.349 e. The first-order valence-electron chi connectivity index (χ1n) is 9.50. The Morgan fingerprint density at radius 2 is 1.92 bits per heavy atom. The predicted molar refractivity (Wildman–Crippen MR) is 104 cm³/mol. The number of carbonyl (C=O) groups is 1. The van der Waals surface area contributed by atoms with Gasteiger partial charge in [-0.2, -0.15) is 0 Å². The predicted octanol–water partition coefficient (Wildman–Crippen LogP) is 3.60. The van der Waals surface area contributed by atoms with Crippen LogP contribution in [0.2, 0.25) is 0 Å². The van der Waals surface area contributed by atoms with Crippen molar-refractivity contribution in [2.75, 3.05) is 18.0 Å². The lowest BCUT2D eigenvalue weighted by Crippen LogP contribution is -2.44. The number of hydrogen-bond acceptors (Lipinski definition) is 4. The van der Waals surface area contributed by atoms with Crippen LogP contribution in [0.15, 0.2) is 48.8 Å². The van der Waals surface area contributed by atoms with Crippen LogP contribution in [0.4, 0.5) is 5.95 Å². The van der Waals surface area contributed by atoms with Crippen molar-refractivity contribution in [2.24, 2.45) is 11.8 Å². The molecule has 0 saturated carbocycles. The molecule has 138 valence electrons. The lowest BCUT2D eigenvalue weighted by Gasteiger charge is -2.33. The molecule has 26 heavy (non-hydrogen) atoms. The van der Waals surface area contributed by atoms with Crippen molar-refractivity contribution in [1.82, 2.24) is 15.3 Å². The number of nitrogens with zero attached hydrogens (tertiary/aromatic N) is 3. The minimum absolute atomic E-state index is 0.0223. The molecule has 1 saturated heterocycles. The first kappa shape index (κ1) is 18.4. The summed E-state index contributed by atoms with van der Waals surface area (Å²) in [6.07, 6.45) is 6.34. The molecule has 1 amide bonds. The third-order valence-electron chi connectivity index (χ3n) is 4.85. The second kappa shape index (κ2) is 8.79. The summed E-state index contributed by atoms with van der Waals surface area (Å²) in [7, 11) is 0. The fourth-order valence-corrected chi connectivity index (χ4v) is 3.55. The first-order chi connectivity index (χ1) is 12.6. The zero-order valence-corrected chi connectivity index (χ0v) is 15.6. The highest BCUT2D eigenvalue weighted by molar-refractivity contribution is 5.80. The van der Waals surface area contributed by atoms with Gasteiger partial charge >= 0.3 is 0 Å². The molecule has 5 nitrogen and oxygen atoms in total. The van der Waals surface area contributed by atoms with Crippen LogP contribution in [-0.4, -0.2) is 29.0 Å².